The highest BCUT2D eigenvalue weighted by molar-refractivity contribution is 7.89. The smallest absolute Gasteiger partial charge is 0.239 e. The van der Waals surface area contributed by atoms with Crippen molar-refractivity contribution in [2.45, 2.75) is 6.04 Å². The molecule has 0 bridgehead atoms. The third kappa shape index (κ3) is 3.36. The quantitative estimate of drug-likeness (QED) is 0.472. The van der Waals surface area contributed by atoms with E-state index in [-0.39, 0.29) is 11.7 Å². The molecule has 3 N–H and O–H groups in total. The van der Waals surface area contributed by atoms with E-state index in [2.05, 4.69) is 20.2 Å². The van der Waals surface area contributed by atoms with Crippen molar-refractivity contribution in [2.75, 3.05) is 12.8 Å². The second-order valence-electron chi connectivity index (χ2n) is 7.11. The van der Waals surface area contributed by atoms with Crippen LogP contribution in [-0.2, 0) is 10.0 Å². The minimum Gasteiger partial charge on any atom is -0.369 e. The van der Waals surface area contributed by atoms with Gasteiger partial charge in [0, 0.05) is 30.4 Å². The number of hydrogen-bond acceptors (Lipinski definition) is 7. The minimum atomic E-state index is -3.55. The Bertz CT molecular complexity index is 1410. The lowest BCUT2D eigenvalue weighted by Gasteiger charge is -2.26. The number of fused-ring (bicyclic) bond motifs is 1. The summed E-state index contributed by atoms with van der Waals surface area (Å²) in [5.41, 5.74) is 9.49. The molecule has 8 nitrogen and oxygen atoms in total. The number of thiophene rings is 1. The average Bonchev–Trinajstić information content (AvgIpc) is 3.40. The average molecular weight is 473 g/mol. The van der Waals surface area contributed by atoms with Crippen LogP contribution < -0.4 is 5.73 Å². The van der Waals surface area contributed by atoms with E-state index in [0.717, 1.165) is 36.9 Å². The number of rotatable bonds is 3. The number of guanidine groups is 1. The second kappa shape index (κ2) is 7.33. The Kier molecular flexibility index (Phi) is 4.72. The summed E-state index contributed by atoms with van der Waals surface area (Å²) in [6.45, 7) is 0. The number of H-pyrrole nitrogens is 1. The molecule has 0 spiro atoms. The van der Waals surface area contributed by atoms with Crippen LogP contribution in [0, 0.1) is 0 Å². The molecular formula is C20H17ClN6O2S2. The third-order valence-corrected chi connectivity index (χ3v) is 8.83. The normalized spacial score (nSPS) is 18.3. The molecule has 1 aliphatic rings. The maximum absolute atomic E-state index is 12.4. The zero-order valence-corrected chi connectivity index (χ0v) is 18.7. The second-order valence-corrected chi connectivity index (χ2v) is 10.6. The van der Waals surface area contributed by atoms with Crippen LogP contribution in [0.5, 0.6) is 0 Å². The molecule has 1 atom stereocenters. The number of nitrogens with one attached hydrogen (secondary N) is 1. The molecule has 1 unspecified atom stereocenters. The maximum Gasteiger partial charge on any atom is 0.239 e. The number of halogens is 1. The summed E-state index contributed by atoms with van der Waals surface area (Å²) in [4.78, 5) is 9.60. The number of sulfonamides is 1. The topological polar surface area (TPSA) is 117 Å². The summed E-state index contributed by atoms with van der Waals surface area (Å²) >= 11 is 8.07. The Labute approximate surface area is 187 Å². The van der Waals surface area contributed by atoms with Gasteiger partial charge in [0.2, 0.25) is 16.0 Å². The van der Waals surface area contributed by atoms with Gasteiger partial charge in [0.15, 0.2) is 0 Å². The summed E-state index contributed by atoms with van der Waals surface area (Å²) in [6.07, 6.45) is 3.41. The van der Waals surface area contributed by atoms with Crippen LogP contribution >= 0.6 is 22.9 Å². The summed E-state index contributed by atoms with van der Waals surface area (Å²) in [6, 6.07) is 11.0. The molecule has 0 amide bonds. The molecule has 0 radical (unpaired) electrons. The monoisotopic (exact) mass is 472 g/mol. The zero-order valence-electron chi connectivity index (χ0n) is 16.3. The summed E-state index contributed by atoms with van der Waals surface area (Å²) in [5, 5.41) is 8.23. The molecule has 4 aromatic rings. The van der Waals surface area contributed by atoms with Gasteiger partial charge in [0.05, 0.1) is 31.7 Å². The van der Waals surface area contributed by atoms with Gasteiger partial charge < -0.3 is 5.73 Å². The predicted octanol–water partition coefficient (Wildman–Crippen LogP) is 3.64. The summed E-state index contributed by atoms with van der Waals surface area (Å²) in [5.74, 6) is -0.226. The van der Waals surface area contributed by atoms with E-state index in [4.69, 9.17) is 17.3 Å². The van der Waals surface area contributed by atoms with Gasteiger partial charge in [-0.25, -0.2) is 17.7 Å². The molecule has 5 rings (SSSR count). The van der Waals surface area contributed by atoms with E-state index in [0.29, 0.717) is 9.90 Å². The van der Waals surface area contributed by atoms with Crippen molar-refractivity contribution in [3.8, 4) is 22.5 Å². The lowest BCUT2D eigenvalue weighted by molar-refractivity contribution is 0.533. The fourth-order valence-electron chi connectivity index (χ4n) is 3.52. The number of nitrogens with two attached hydrogens (primary N) is 1. The number of aliphatic imine (C=N–C) groups is 1. The molecule has 11 heteroatoms. The molecule has 0 fully saturated rings. The number of nitrogens with zero attached hydrogens (tertiary/aromatic N) is 4. The van der Waals surface area contributed by atoms with Gasteiger partial charge in [-0.15, -0.1) is 11.3 Å². The van der Waals surface area contributed by atoms with Crippen LogP contribution in [-0.4, -0.2) is 46.7 Å². The first-order valence-electron chi connectivity index (χ1n) is 9.32. The third-order valence-electron chi connectivity index (χ3n) is 5.24. The molecular weight excluding hydrogens is 456 g/mol. The first-order chi connectivity index (χ1) is 14.8. The van der Waals surface area contributed by atoms with Crippen LogP contribution in [0.15, 0.2) is 53.8 Å². The van der Waals surface area contributed by atoms with Crippen LogP contribution in [0.25, 0.3) is 32.6 Å². The SMILES string of the molecule is CN1C(N)=NC(c2sc3c(-c4ccc(-c5ccn[nH]5)cc4)nccc3c2Cl)CS1(=O)=O. The summed E-state index contributed by atoms with van der Waals surface area (Å²) in [7, 11) is -2.15. The molecule has 3 aromatic heterocycles. The van der Waals surface area contributed by atoms with Crippen LogP contribution in [0.3, 0.4) is 0 Å². The Morgan fingerprint density at radius 3 is 2.58 bits per heavy atom. The van der Waals surface area contributed by atoms with Crippen molar-refractivity contribution in [3.63, 3.8) is 0 Å². The highest BCUT2D eigenvalue weighted by Crippen LogP contribution is 2.44. The molecule has 1 aliphatic heterocycles. The highest BCUT2D eigenvalue weighted by atomic mass is 35.5. The van der Waals surface area contributed by atoms with Crippen LogP contribution in [0.2, 0.25) is 5.02 Å². The number of hydrogen-bond donors (Lipinski definition) is 2. The van der Waals surface area contributed by atoms with Gasteiger partial charge in [-0.1, -0.05) is 35.9 Å². The number of aromatic nitrogens is 3. The molecule has 158 valence electrons. The number of aromatic amines is 1. The van der Waals surface area contributed by atoms with E-state index in [1.165, 1.54) is 18.4 Å². The van der Waals surface area contributed by atoms with Crippen LogP contribution in [0.1, 0.15) is 10.9 Å². The largest absolute Gasteiger partial charge is 0.369 e. The van der Waals surface area contributed by atoms with Gasteiger partial charge in [-0.3, -0.25) is 10.1 Å². The Morgan fingerprint density at radius 1 is 1.16 bits per heavy atom. The number of benzene rings is 1. The Morgan fingerprint density at radius 2 is 1.90 bits per heavy atom. The zero-order chi connectivity index (χ0) is 21.8. The van der Waals surface area contributed by atoms with Crippen molar-refractivity contribution in [1.29, 1.82) is 0 Å². The first kappa shape index (κ1) is 20.0. The molecule has 31 heavy (non-hydrogen) atoms. The lowest BCUT2D eigenvalue weighted by atomic mass is 10.1. The van der Waals surface area contributed by atoms with E-state index < -0.39 is 16.1 Å². The van der Waals surface area contributed by atoms with E-state index in [9.17, 15) is 8.42 Å². The number of pyridine rings is 1. The van der Waals surface area contributed by atoms with Crippen molar-refractivity contribution in [2.24, 2.45) is 10.7 Å². The Balaban J connectivity index is 1.60. The van der Waals surface area contributed by atoms with Crippen molar-refractivity contribution >= 4 is 49.0 Å². The standard InChI is InChI=1S/C20H17ClN6O2S2/c1-27-20(22)25-15(10-31(27,28)29)19-16(21)13-6-8-23-17(18(13)30-19)12-4-2-11(3-5-12)14-7-9-24-26-14/h2-9,15H,10H2,1H3,(H2,22,25)(H,24,26). The van der Waals surface area contributed by atoms with Gasteiger partial charge in [-0.2, -0.15) is 5.10 Å². The molecule has 1 aromatic carbocycles. The highest BCUT2D eigenvalue weighted by Gasteiger charge is 2.34. The molecule has 0 saturated heterocycles. The maximum atomic E-state index is 12.4. The predicted molar refractivity (Wildman–Crippen MR) is 124 cm³/mol. The van der Waals surface area contributed by atoms with E-state index in [1.807, 2.05) is 36.4 Å². The molecule has 4 heterocycles. The minimum absolute atomic E-state index is 0.0440. The van der Waals surface area contributed by atoms with Gasteiger partial charge in [-0.05, 0) is 17.7 Å². The fraction of sp³-hybridized carbons (Fsp3) is 0.150. The molecule has 0 aliphatic carbocycles. The first-order valence-corrected chi connectivity index (χ1v) is 12.1. The van der Waals surface area contributed by atoms with E-state index in [1.54, 1.807) is 12.4 Å². The van der Waals surface area contributed by atoms with E-state index >= 15 is 0 Å². The lowest BCUT2D eigenvalue weighted by Crippen LogP contribution is -2.44. The van der Waals surface area contributed by atoms with Gasteiger partial charge in [0.1, 0.15) is 6.04 Å². The fourth-order valence-corrected chi connectivity index (χ4v) is 6.52. The molecule has 0 saturated carbocycles. The van der Waals surface area contributed by atoms with Gasteiger partial charge in [0.25, 0.3) is 0 Å². The van der Waals surface area contributed by atoms with Gasteiger partial charge >= 0.3 is 0 Å². The Hall–Kier alpha value is -2.95. The van der Waals surface area contributed by atoms with Crippen LogP contribution in [0.4, 0.5) is 0 Å². The van der Waals surface area contributed by atoms with Crippen molar-refractivity contribution in [1.82, 2.24) is 19.5 Å². The van der Waals surface area contributed by atoms with Crippen molar-refractivity contribution in [3.05, 3.63) is 58.7 Å². The van der Waals surface area contributed by atoms with Crippen molar-refractivity contribution < 1.29 is 8.42 Å². The summed E-state index contributed by atoms with van der Waals surface area (Å²) < 4.78 is 26.7.